The number of benzene rings is 1. The van der Waals surface area contributed by atoms with Crippen LogP contribution in [0.1, 0.15) is 0 Å². The van der Waals surface area contributed by atoms with Crippen LogP contribution in [0.4, 0.5) is 11.4 Å². The number of hydrogen-bond donors (Lipinski definition) is 4. The van der Waals surface area contributed by atoms with Crippen LogP contribution in [-0.4, -0.2) is 11.5 Å². The third kappa shape index (κ3) is 1.22. The zero-order valence-electron chi connectivity index (χ0n) is 7.25. The van der Waals surface area contributed by atoms with Gasteiger partial charge < -0.3 is 5.73 Å². The van der Waals surface area contributed by atoms with E-state index >= 15 is 0 Å². The second-order valence-electron chi connectivity index (χ2n) is 2.93. The number of fused-ring (bicyclic) bond motifs is 1. The van der Waals surface area contributed by atoms with Gasteiger partial charge in [0.2, 0.25) is 0 Å². The van der Waals surface area contributed by atoms with E-state index in [1.807, 2.05) is 24.3 Å². The number of nitrogens with one attached hydrogen (secondary N) is 1. The summed E-state index contributed by atoms with van der Waals surface area (Å²) in [5.41, 5.74) is 6.90. The molecule has 1 atom stereocenters. The van der Waals surface area contributed by atoms with Gasteiger partial charge in [-0.15, -0.1) is 12.6 Å². The summed E-state index contributed by atoms with van der Waals surface area (Å²) < 4.78 is 1.67. The molecule has 3 N–H and O–H groups in total. The number of guanidine groups is 1. The van der Waals surface area contributed by atoms with Crippen molar-refractivity contribution in [2.75, 3.05) is 9.21 Å². The van der Waals surface area contributed by atoms with Gasteiger partial charge in [-0.1, -0.05) is 24.9 Å². The Morgan fingerprint density at radius 3 is 2.50 bits per heavy atom. The van der Waals surface area contributed by atoms with E-state index in [0.717, 1.165) is 11.4 Å². The molecule has 1 aromatic rings. The lowest BCUT2D eigenvalue weighted by molar-refractivity contribution is 0.995. The Bertz CT molecular complexity index is 381. The monoisotopic (exact) mass is 226 g/mol. The molecule has 0 amide bonds. The number of thiol groups is 2. The maximum Gasteiger partial charge on any atom is 0.195 e. The molecule has 1 aromatic carbocycles. The first-order valence-corrected chi connectivity index (χ1v) is 4.93. The minimum Gasteiger partial charge on any atom is -0.370 e. The second-order valence-corrected chi connectivity index (χ2v) is 3.83. The summed E-state index contributed by atoms with van der Waals surface area (Å²) in [6.07, 6.45) is 0. The topological polar surface area (TPSA) is 56.4 Å². The SMILES string of the molecule is N=C(N)N1c2ccccc2N(S)C1S. The third-order valence-electron chi connectivity index (χ3n) is 2.10. The molecule has 0 aromatic heterocycles. The molecule has 2 rings (SSSR count). The fourth-order valence-corrected chi connectivity index (χ4v) is 2.12. The Balaban J connectivity index is 2.53. The number of anilines is 2. The molecule has 0 radical (unpaired) electrons. The first-order valence-electron chi connectivity index (χ1n) is 4.01. The van der Waals surface area contributed by atoms with Crippen molar-refractivity contribution >= 4 is 42.8 Å². The molecule has 1 aliphatic rings. The first-order chi connectivity index (χ1) is 6.63. The molecule has 0 fully saturated rings. The second kappa shape index (κ2) is 3.29. The Morgan fingerprint density at radius 2 is 1.93 bits per heavy atom. The zero-order chi connectivity index (χ0) is 10.3. The number of hydrogen-bond acceptors (Lipinski definition) is 4. The molecule has 0 saturated heterocycles. The van der Waals surface area contributed by atoms with Crippen molar-refractivity contribution in [2.45, 2.75) is 5.50 Å². The maximum atomic E-state index is 7.44. The number of para-hydroxylation sites is 2. The van der Waals surface area contributed by atoms with Gasteiger partial charge in [-0.2, -0.15) is 0 Å². The predicted molar refractivity (Wildman–Crippen MR) is 65.1 cm³/mol. The van der Waals surface area contributed by atoms with E-state index in [9.17, 15) is 0 Å². The standard InChI is InChI=1S/C8H10N4S2/c9-7(10)11-5-3-1-2-4-6(5)12(14)8(11)13/h1-4,8,13-14H,(H3,9,10). The Morgan fingerprint density at radius 1 is 1.36 bits per heavy atom. The molecule has 1 heterocycles. The highest BCUT2D eigenvalue weighted by molar-refractivity contribution is 7.86. The fourth-order valence-electron chi connectivity index (χ4n) is 1.47. The highest BCUT2D eigenvalue weighted by Crippen LogP contribution is 2.41. The van der Waals surface area contributed by atoms with Gasteiger partial charge in [0, 0.05) is 0 Å². The van der Waals surface area contributed by atoms with Crippen molar-refractivity contribution in [2.24, 2.45) is 5.73 Å². The molecule has 14 heavy (non-hydrogen) atoms. The van der Waals surface area contributed by atoms with Crippen LogP contribution in [0.3, 0.4) is 0 Å². The van der Waals surface area contributed by atoms with Crippen molar-refractivity contribution in [3.8, 4) is 0 Å². The van der Waals surface area contributed by atoms with E-state index in [1.54, 1.807) is 9.21 Å². The van der Waals surface area contributed by atoms with Crippen LogP contribution in [-0.2, 0) is 0 Å². The van der Waals surface area contributed by atoms with Crippen LogP contribution < -0.4 is 14.9 Å². The van der Waals surface area contributed by atoms with Crippen LogP contribution in [0, 0.1) is 5.41 Å². The first kappa shape index (κ1) is 9.54. The number of rotatable bonds is 0. The number of nitrogens with zero attached hydrogens (tertiary/aromatic N) is 2. The van der Waals surface area contributed by atoms with Crippen molar-refractivity contribution in [3.63, 3.8) is 0 Å². The molecule has 1 aliphatic heterocycles. The molecule has 0 bridgehead atoms. The molecule has 1 unspecified atom stereocenters. The highest BCUT2D eigenvalue weighted by Gasteiger charge is 2.33. The Labute approximate surface area is 93.1 Å². The summed E-state index contributed by atoms with van der Waals surface area (Å²) in [5.74, 6) is -0.0333. The zero-order valence-corrected chi connectivity index (χ0v) is 9.04. The van der Waals surface area contributed by atoms with Gasteiger partial charge in [-0.25, -0.2) is 0 Å². The lowest BCUT2D eigenvalue weighted by Gasteiger charge is -2.23. The summed E-state index contributed by atoms with van der Waals surface area (Å²) >= 11 is 8.60. The van der Waals surface area contributed by atoms with Crippen LogP contribution >= 0.6 is 25.4 Å². The van der Waals surface area contributed by atoms with Crippen molar-refractivity contribution in [1.82, 2.24) is 0 Å². The molecule has 0 aliphatic carbocycles. The fraction of sp³-hybridized carbons (Fsp3) is 0.125. The Kier molecular flexibility index (Phi) is 2.24. The van der Waals surface area contributed by atoms with E-state index in [1.165, 1.54) is 0 Å². The normalized spacial score (nSPS) is 19.7. The molecular formula is C8H10N4S2. The van der Waals surface area contributed by atoms with E-state index < -0.39 is 0 Å². The van der Waals surface area contributed by atoms with E-state index in [2.05, 4.69) is 25.4 Å². The van der Waals surface area contributed by atoms with Crippen molar-refractivity contribution < 1.29 is 0 Å². The minimum absolute atomic E-state index is 0.0333. The van der Waals surface area contributed by atoms with Gasteiger partial charge in [0.1, 0.15) is 0 Å². The summed E-state index contributed by atoms with van der Waals surface area (Å²) in [4.78, 5) is 1.60. The average Bonchev–Trinajstić information content (AvgIpc) is 2.41. The average molecular weight is 226 g/mol. The summed E-state index contributed by atoms with van der Waals surface area (Å²) in [6.45, 7) is 0. The van der Waals surface area contributed by atoms with Crippen LogP contribution in [0.5, 0.6) is 0 Å². The molecule has 4 nitrogen and oxygen atoms in total. The quantitative estimate of drug-likeness (QED) is 0.306. The smallest absolute Gasteiger partial charge is 0.195 e. The molecule has 6 heteroatoms. The molecule has 74 valence electrons. The summed E-state index contributed by atoms with van der Waals surface area (Å²) in [6, 6.07) is 7.60. The lowest BCUT2D eigenvalue weighted by Crippen LogP contribution is -2.43. The third-order valence-corrected chi connectivity index (χ3v) is 3.18. The van der Waals surface area contributed by atoms with Gasteiger partial charge in [0.25, 0.3) is 0 Å². The summed E-state index contributed by atoms with van der Waals surface area (Å²) in [7, 11) is 0. The lowest BCUT2D eigenvalue weighted by atomic mass is 10.3. The van der Waals surface area contributed by atoms with E-state index in [0.29, 0.717) is 0 Å². The predicted octanol–water partition coefficient (Wildman–Crippen LogP) is 1.26. The minimum atomic E-state index is -0.326. The molecule has 0 spiro atoms. The van der Waals surface area contributed by atoms with Crippen molar-refractivity contribution in [1.29, 1.82) is 5.41 Å². The van der Waals surface area contributed by atoms with E-state index in [4.69, 9.17) is 11.1 Å². The number of nitrogens with two attached hydrogens (primary N) is 1. The van der Waals surface area contributed by atoms with Gasteiger partial charge in [0.15, 0.2) is 11.5 Å². The highest BCUT2D eigenvalue weighted by atomic mass is 32.1. The van der Waals surface area contributed by atoms with Gasteiger partial charge in [-0.3, -0.25) is 14.6 Å². The van der Waals surface area contributed by atoms with E-state index in [-0.39, 0.29) is 11.5 Å². The van der Waals surface area contributed by atoms with Crippen LogP contribution in [0.25, 0.3) is 0 Å². The molecular weight excluding hydrogens is 216 g/mol. The van der Waals surface area contributed by atoms with Gasteiger partial charge in [0.05, 0.1) is 11.4 Å². The van der Waals surface area contributed by atoms with Crippen LogP contribution in [0.2, 0.25) is 0 Å². The molecule has 0 saturated carbocycles. The maximum absolute atomic E-state index is 7.44. The van der Waals surface area contributed by atoms with Gasteiger partial charge >= 0.3 is 0 Å². The van der Waals surface area contributed by atoms with Crippen LogP contribution in [0.15, 0.2) is 24.3 Å². The van der Waals surface area contributed by atoms with Crippen molar-refractivity contribution in [3.05, 3.63) is 24.3 Å². The summed E-state index contributed by atoms with van der Waals surface area (Å²) in [5, 5.41) is 7.44. The largest absolute Gasteiger partial charge is 0.370 e. The van der Waals surface area contributed by atoms with Gasteiger partial charge in [-0.05, 0) is 12.1 Å². The Hall–Kier alpha value is -1.01.